The van der Waals surface area contributed by atoms with Gasteiger partial charge < -0.3 is 24.8 Å². The topological polar surface area (TPSA) is 130 Å². The molecule has 0 amide bonds. The monoisotopic (exact) mass is 638 g/mol. The molecule has 45 heavy (non-hydrogen) atoms. The van der Waals surface area contributed by atoms with Crippen molar-refractivity contribution in [3.05, 3.63) is 12.2 Å². The van der Waals surface area contributed by atoms with Gasteiger partial charge in [0.2, 0.25) is 0 Å². The molecule has 8 nitrogen and oxygen atoms in total. The van der Waals surface area contributed by atoms with Crippen LogP contribution in [0.1, 0.15) is 162 Å². The summed E-state index contributed by atoms with van der Waals surface area (Å²) in [5, 5.41) is 30.1. The number of hydrogen-bond donors (Lipinski definition) is 3. The Morgan fingerprint density at radius 3 is 1.93 bits per heavy atom. The first-order chi connectivity index (χ1) is 21.8. The number of carbonyl (C=O) groups is 3. The van der Waals surface area contributed by atoms with Gasteiger partial charge in [0, 0.05) is 25.2 Å². The van der Waals surface area contributed by atoms with Gasteiger partial charge in [-0.25, -0.2) is 0 Å². The third-order valence-corrected chi connectivity index (χ3v) is 8.97. The summed E-state index contributed by atoms with van der Waals surface area (Å²) in [6.45, 7) is 3.82. The average molecular weight is 639 g/mol. The highest BCUT2D eigenvalue weighted by atomic mass is 16.6. The minimum Gasteiger partial charge on any atom is -0.462 e. The van der Waals surface area contributed by atoms with Crippen molar-refractivity contribution in [1.82, 2.24) is 0 Å². The molecule has 1 rings (SSSR count). The van der Waals surface area contributed by atoms with Crippen molar-refractivity contribution in [1.29, 1.82) is 0 Å². The van der Waals surface area contributed by atoms with Crippen LogP contribution in [0, 0.1) is 11.8 Å². The lowest BCUT2D eigenvalue weighted by atomic mass is 9.88. The van der Waals surface area contributed by atoms with Crippen LogP contribution < -0.4 is 0 Å². The molecular formula is C37H66O8. The van der Waals surface area contributed by atoms with E-state index in [0.29, 0.717) is 19.3 Å². The summed E-state index contributed by atoms with van der Waals surface area (Å²) in [7, 11) is 0. The van der Waals surface area contributed by atoms with Crippen LogP contribution in [0.5, 0.6) is 0 Å². The molecule has 0 aromatic heterocycles. The maximum Gasteiger partial charge on any atom is 0.306 e. The van der Waals surface area contributed by atoms with E-state index in [1.54, 1.807) is 12.2 Å². The number of rotatable bonds is 29. The number of unbranched alkanes of at least 4 members (excludes halogenated alkanes) is 15. The minimum atomic E-state index is -0.852. The first kappa shape index (κ1) is 41.3. The lowest BCUT2D eigenvalue weighted by Crippen LogP contribution is -2.28. The predicted molar refractivity (Wildman–Crippen MR) is 179 cm³/mol. The van der Waals surface area contributed by atoms with Crippen molar-refractivity contribution in [3.8, 4) is 0 Å². The largest absolute Gasteiger partial charge is 0.462 e. The van der Waals surface area contributed by atoms with E-state index in [9.17, 15) is 29.7 Å². The molecular weight excluding hydrogens is 572 g/mol. The van der Waals surface area contributed by atoms with Crippen LogP contribution in [-0.4, -0.2) is 64.6 Å². The lowest BCUT2D eigenvalue weighted by molar-refractivity contribution is -0.161. The van der Waals surface area contributed by atoms with Crippen molar-refractivity contribution in [2.45, 2.75) is 180 Å². The van der Waals surface area contributed by atoms with Crippen LogP contribution in [0.15, 0.2) is 12.2 Å². The number of esters is 2. The van der Waals surface area contributed by atoms with Gasteiger partial charge in [0.05, 0.1) is 18.8 Å². The van der Waals surface area contributed by atoms with E-state index in [1.165, 1.54) is 51.4 Å². The van der Waals surface area contributed by atoms with E-state index < -0.39 is 30.9 Å². The molecule has 1 aliphatic carbocycles. The van der Waals surface area contributed by atoms with Crippen molar-refractivity contribution < 1.29 is 39.2 Å². The molecule has 0 unspecified atom stereocenters. The van der Waals surface area contributed by atoms with Crippen molar-refractivity contribution >= 4 is 17.7 Å². The number of aliphatic hydroxyl groups excluding tert-OH is 3. The highest BCUT2D eigenvalue weighted by Crippen LogP contribution is 2.34. The van der Waals surface area contributed by atoms with Crippen LogP contribution in [0.4, 0.5) is 0 Å². The maximum atomic E-state index is 12.4. The van der Waals surface area contributed by atoms with E-state index in [-0.39, 0.29) is 43.0 Å². The molecule has 5 atom stereocenters. The van der Waals surface area contributed by atoms with Crippen molar-refractivity contribution in [2.75, 3.05) is 13.2 Å². The van der Waals surface area contributed by atoms with Gasteiger partial charge in [-0.15, -0.1) is 0 Å². The number of hydrogen-bond acceptors (Lipinski definition) is 8. The summed E-state index contributed by atoms with van der Waals surface area (Å²) in [5.74, 6) is -1.19. The van der Waals surface area contributed by atoms with Gasteiger partial charge in [0.1, 0.15) is 12.4 Å². The Hall–Kier alpha value is -1.77. The fourth-order valence-electron chi connectivity index (χ4n) is 6.10. The van der Waals surface area contributed by atoms with Gasteiger partial charge in [-0.1, -0.05) is 129 Å². The minimum absolute atomic E-state index is 0.0328. The fraction of sp³-hybridized carbons (Fsp3) is 0.865. The normalized spacial score (nSPS) is 19.7. The summed E-state index contributed by atoms with van der Waals surface area (Å²) in [6, 6.07) is 0. The molecule has 262 valence electrons. The van der Waals surface area contributed by atoms with Crippen LogP contribution in [-0.2, 0) is 23.9 Å². The second-order valence-corrected chi connectivity index (χ2v) is 13.1. The molecule has 0 radical (unpaired) electrons. The summed E-state index contributed by atoms with van der Waals surface area (Å²) >= 11 is 0. The predicted octanol–water partition coefficient (Wildman–Crippen LogP) is 7.54. The summed E-state index contributed by atoms with van der Waals surface area (Å²) < 4.78 is 10.5. The second kappa shape index (κ2) is 27.4. The van der Waals surface area contributed by atoms with Gasteiger partial charge in [0.25, 0.3) is 0 Å². The first-order valence-corrected chi connectivity index (χ1v) is 18.3. The molecule has 1 saturated carbocycles. The maximum absolute atomic E-state index is 12.4. The number of Topliss-reactive ketones (excluding diaryl/α,β-unsaturated/α-hetero) is 1. The Kier molecular flexibility index (Phi) is 25.1. The standard InChI is InChI=1S/C37H66O8/c1-3-5-7-8-9-10-11-12-13-14-19-23-36(42)44-29-31(28-38)45-37(43)24-20-16-15-18-22-32-33(35(41)27-34(32)40)26-25-30(39)21-17-6-4-2/h25-26,30-34,38-40H,3-24,27-29H2,1-2H3/b26-25+/t30-,31-,32+,33+,34-/m0/s1. The number of ketones is 1. The van der Waals surface area contributed by atoms with E-state index >= 15 is 0 Å². The summed E-state index contributed by atoms with van der Waals surface area (Å²) in [6.07, 6.45) is 23.1. The smallest absolute Gasteiger partial charge is 0.306 e. The van der Waals surface area contributed by atoms with Crippen LogP contribution in [0.25, 0.3) is 0 Å². The van der Waals surface area contributed by atoms with Crippen LogP contribution in [0.3, 0.4) is 0 Å². The Morgan fingerprint density at radius 1 is 0.800 bits per heavy atom. The van der Waals surface area contributed by atoms with Crippen LogP contribution in [0.2, 0.25) is 0 Å². The molecule has 0 spiro atoms. The first-order valence-electron chi connectivity index (χ1n) is 18.3. The molecule has 1 fully saturated rings. The number of allylic oxidation sites excluding steroid dienone is 1. The molecule has 0 bridgehead atoms. The lowest BCUT2D eigenvalue weighted by Gasteiger charge is -2.19. The molecule has 0 saturated heterocycles. The zero-order chi connectivity index (χ0) is 33.1. The quantitative estimate of drug-likeness (QED) is 0.0435. The van der Waals surface area contributed by atoms with E-state index in [4.69, 9.17) is 9.47 Å². The molecule has 8 heteroatoms. The third-order valence-electron chi connectivity index (χ3n) is 8.97. The highest BCUT2D eigenvalue weighted by molar-refractivity contribution is 5.86. The van der Waals surface area contributed by atoms with Gasteiger partial charge in [-0.2, -0.15) is 0 Å². The number of carbonyl (C=O) groups excluding carboxylic acids is 3. The van der Waals surface area contributed by atoms with Crippen molar-refractivity contribution in [2.24, 2.45) is 11.8 Å². The molecule has 0 aromatic rings. The molecule has 0 heterocycles. The number of ether oxygens (including phenoxy) is 2. The molecule has 1 aliphatic rings. The molecule has 0 aromatic carbocycles. The zero-order valence-electron chi connectivity index (χ0n) is 28.6. The van der Waals surface area contributed by atoms with Crippen molar-refractivity contribution in [3.63, 3.8) is 0 Å². The second-order valence-electron chi connectivity index (χ2n) is 13.1. The van der Waals surface area contributed by atoms with Gasteiger partial charge in [-0.05, 0) is 31.6 Å². The van der Waals surface area contributed by atoms with Gasteiger partial charge >= 0.3 is 11.9 Å². The Bertz CT molecular complexity index is 797. The average Bonchev–Trinajstić information content (AvgIpc) is 3.29. The Balaban J connectivity index is 2.14. The third kappa shape index (κ3) is 20.9. The summed E-state index contributed by atoms with van der Waals surface area (Å²) in [4.78, 5) is 36.7. The van der Waals surface area contributed by atoms with Gasteiger partial charge in [0.15, 0.2) is 6.10 Å². The fourth-order valence-corrected chi connectivity index (χ4v) is 6.10. The van der Waals surface area contributed by atoms with E-state index in [2.05, 4.69) is 13.8 Å². The Morgan fingerprint density at radius 2 is 1.33 bits per heavy atom. The number of aliphatic hydroxyl groups is 3. The highest BCUT2D eigenvalue weighted by Gasteiger charge is 2.39. The molecule has 0 aliphatic heterocycles. The van der Waals surface area contributed by atoms with E-state index in [0.717, 1.165) is 64.2 Å². The SMILES string of the molecule is CCCCCCCCCCCCCC(=O)OC[C@H](CO)OC(=O)CCCCCC[C@H]1[C@@H](O)CC(=O)[C@@H]1/C=C/[C@@H](O)CCCCC. The zero-order valence-corrected chi connectivity index (χ0v) is 28.6. The van der Waals surface area contributed by atoms with Crippen LogP contribution >= 0.6 is 0 Å². The van der Waals surface area contributed by atoms with Gasteiger partial charge in [-0.3, -0.25) is 14.4 Å². The molecule has 3 N–H and O–H groups in total. The Labute approximate surface area is 273 Å². The van der Waals surface area contributed by atoms with E-state index in [1.807, 2.05) is 0 Å². The summed E-state index contributed by atoms with van der Waals surface area (Å²) in [5.41, 5.74) is 0.